The second-order valence-electron chi connectivity index (χ2n) is 12.7. The lowest BCUT2D eigenvalue weighted by molar-refractivity contribution is -0.133. The van der Waals surface area contributed by atoms with E-state index >= 15 is 4.39 Å². The van der Waals surface area contributed by atoms with Gasteiger partial charge in [0, 0.05) is 54.8 Å². The van der Waals surface area contributed by atoms with Gasteiger partial charge < -0.3 is 36.0 Å². The Balaban J connectivity index is 1.85. The summed E-state index contributed by atoms with van der Waals surface area (Å²) in [6.07, 6.45) is 0.451. The van der Waals surface area contributed by atoms with Crippen LogP contribution in [0.3, 0.4) is 0 Å². The molecule has 49 heavy (non-hydrogen) atoms. The molecule has 0 spiro atoms. The summed E-state index contributed by atoms with van der Waals surface area (Å²) < 4.78 is 31.3. The number of aromatic nitrogens is 1. The molecule has 2 atom stereocenters. The Morgan fingerprint density at radius 2 is 1.78 bits per heavy atom. The van der Waals surface area contributed by atoms with Crippen LogP contribution in [0.4, 0.5) is 8.78 Å². The Morgan fingerprint density at radius 3 is 2.41 bits per heavy atom. The zero-order chi connectivity index (χ0) is 36.1. The van der Waals surface area contributed by atoms with E-state index in [9.17, 15) is 29.0 Å². The van der Waals surface area contributed by atoms with E-state index in [1.165, 1.54) is 17.8 Å². The van der Waals surface area contributed by atoms with Crippen LogP contribution in [0.15, 0.2) is 60.8 Å². The average Bonchev–Trinajstić information content (AvgIpc) is 3.45. The number of thioether (sulfide) groups is 1. The van der Waals surface area contributed by atoms with Crippen LogP contribution < -0.4 is 16.4 Å². The monoisotopic (exact) mass is 765 g/mol. The lowest BCUT2D eigenvalue weighted by Crippen LogP contribution is -2.50. The molecule has 6 N–H and O–H groups in total. The van der Waals surface area contributed by atoms with Crippen LogP contribution in [0.5, 0.6) is 0 Å². The summed E-state index contributed by atoms with van der Waals surface area (Å²) >= 11 is 4.27. The summed E-state index contributed by atoms with van der Waals surface area (Å²) in [4.78, 5) is 39.8. The van der Waals surface area contributed by atoms with Crippen molar-refractivity contribution in [3.05, 3.63) is 83.7 Å². The molecule has 1 aromatic heterocycles. The Bertz CT molecular complexity index is 1540. The first-order valence-corrected chi connectivity index (χ1v) is 18.3. The summed E-state index contributed by atoms with van der Waals surface area (Å²) in [5.41, 5.74) is 7.76. The van der Waals surface area contributed by atoms with E-state index in [0.29, 0.717) is 31.6 Å². The largest absolute Gasteiger partial charge is 0.366 e. The third kappa shape index (κ3) is 12.2. The number of benzene rings is 2. The van der Waals surface area contributed by atoms with E-state index in [4.69, 9.17) is 5.73 Å². The second-order valence-corrected chi connectivity index (χ2v) is 14.4. The van der Waals surface area contributed by atoms with Gasteiger partial charge in [0.2, 0.25) is 17.7 Å². The van der Waals surface area contributed by atoms with Crippen LogP contribution in [0.1, 0.15) is 50.9 Å². The van der Waals surface area contributed by atoms with Crippen molar-refractivity contribution < 1.29 is 33.4 Å². The Hall–Kier alpha value is -3.30. The average molecular weight is 767 g/mol. The number of hydrogen-bond acceptors (Lipinski definition) is 7. The normalized spacial score (nSPS) is 12.9. The van der Waals surface area contributed by atoms with E-state index in [0.717, 1.165) is 23.4 Å². The molecule has 3 aromatic rings. The Labute approximate surface area is 298 Å². The van der Waals surface area contributed by atoms with Gasteiger partial charge in [0.25, 0.3) is 0 Å². The fourth-order valence-corrected chi connectivity index (χ4v) is 6.47. The lowest BCUT2D eigenvalue weighted by atomic mass is 9.83. The highest BCUT2D eigenvalue weighted by molar-refractivity contribution is 9.09. The fourth-order valence-electron chi connectivity index (χ4n) is 5.46. The van der Waals surface area contributed by atoms with Crippen LogP contribution in [0.2, 0.25) is 0 Å². The standard InChI is InChI=1S/C35H46BrF2N5O5S/c1-35(2,3)33(29-16-24(26-17-25(37)10-11-27(26)38)21-42(29)20-23-8-5-4-6-9-23)43(14-7-13-39)32(46)22-49-15-12-30(44)41-28(34(47)48)19-40-31(45)18-36/h4-6,8-11,16-17,21,28,33-34,47-48H,7,12-15,18-20,22,39H2,1-3H3,(H,40,45)(H,41,44)/t28-,33+/m1/s1. The summed E-state index contributed by atoms with van der Waals surface area (Å²) in [6, 6.07) is 13.3. The molecule has 3 rings (SSSR count). The first kappa shape index (κ1) is 40.1. The van der Waals surface area contributed by atoms with E-state index in [1.54, 1.807) is 11.1 Å². The number of carbonyl (C=O) groups is 3. The van der Waals surface area contributed by atoms with Gasteiger partial charge in [0.1, 0.15) is 11.6 Å². The number of nitrogens with zero attached hydrogens (tertiary/aromatic N) is 2. The van der Waals surface area contributed by atoms with Gasteiger partial charge in [-0.3, -0.25) is 14.4 Å². The van der Waals surface area contributed by atoms with Crippen molar-refractivity contribution >= 4 is 45.4 Å². The minimum atomic E-state index is -1.88. The molecule has 0 radical (unpaired) electrons. The van der Waals surface area contributed by atoms with E-state index in [2.05, 4.69) is 26.6 Å². The summed E-state index contributed by atoms with van der Waals surface area (Å²) in [5, 5.41) is 24.2. The van der Waals surface area contributed by atoms with Crippen LogP contribution in [0.25, 0.3) is 11.1 Å². The van der Waals surface area contributed by atoms with Crippen molar-refractivity contribution in [3.63, 3.8) is 0 Å². The second kappa shape index (κ2) is 19.2. The lowest BCUT2D eigenvalue weighted by Gasteiger charge is -2.41. The van der Waals surface area contributed by atoms with Gasteiger partial charge in [-0.05, 0) is 48.2 Å². The van der Waals surface area contributed by atoms with Gasteiger partial charge in [0.15, 0.2) is 6.29 Å². The zero-order valence-electron chi connectivity index (χ0n) is 28.0. The van der Waals surface area contributed by atoms with Crippen molar-refractivity contribution in [1.29, 1.82) is 0 Å². The van der Waals surface area contributed by atoms with Crippen molar-refractivity contribution in [1.82, 2.24) is 20.1 Å². The molecule has 1 heterocycles. The molecule has 14 heteroatoms. The number of amides is 3. The van der Waals surface area contributed by atoms with Crippen LogP contribution >= 0.6 is 27.7 Å². The van der Waals surface area contributed by atoms with Crippen LogP contribution in [0, 0.1) is 17.0 Å². The maximum absolute atomic E-state index is 15.0. The minimum Gasteiger partial charge on any atom is -0.366 e. The van der Waals surface area contributed by atoms with Crippen molar-refractivity contribution in [2.45, 2.75) is 58.5 Å². The molecule has 3 amide bonds. The number of alkyl halides is 1. The first-order valence-electron chi connectivity index (χ1n) is 16.0. The number of hydrogen-bond donors (Lipinski definition) is 5. The molecule has 0 aliphatic carbocycles. The molecular formula is C35H46BrF2N5O5S. The summed E-state index contributed by atoms with van der Waals surface area (Å²) in [5.74, 6) is -1.79. The molecule has 0 unspecified atom stereocenters. The van der Waals surface area contributed by atoms with Gasteiger partial charge in [-0.15, -0.1) is 0 Å². The number of aliphatic hydroxyl groups is 2. The molecule has 0 aliphatic rings. The maximum Gasteiger partial charge on any atom is 0.233 e. The fraction of sp³-hybridized carbons (Fsp3) is 0.457. The molecule has 268 valence electrons. The van der Waals surface area contributed by atoms with Gasteiger partial charge in [-0.25, -0.2) is 8.78 Å². The van der Waals surface area contributed by atoms with Crippen LogP contribution in [-0.4, -0.2) is 86.2 Å². The third-order valence-electron chi connectivity index (χ3n) is 7.75. The number of nitrogens with one attached hydrogen (secondary N) is 2. The highest BCUT2D eigenvalue weighted by atomic mass is 79.9. The van der Waals surface area contributed by atoms with Gasteiger partial charge in [0.05, 0.1) is 23.2 Å². The molecule has 0 aliphatic heterocycles. The number of halogens is 3. The number of carbonyl (C=O) groups excluding carboxylic acids is 3. The molecule has 0 bridgehead atoms. The number of aliphatic hydroxyl groups excluding tert-OH is 1. The quantitative estimate of drug-likeness (QED) is 0.0742. The SMILES string of the molecule is CC(C)(C)[C@H](c1cc(-c2cc(F)ccc2F)cn1Cc1ccccc1)N(CCCN)C(=O)CSCCC(=O)N[C@H](CNC(=O)CBr)C(O)O. The molecular weight excluding hydrogens is 720 g/mol. The minimum absolute atomic E-state index is 0.00153. The topological polar surface area (TPSA) is 150 Å². The third-order valence-corrected chi connectivity index (χ3v) is 9.20. The van der Waals surface area contributed by atoms with Gasteiger partial charge >= 0.3 is 0 Å². The summed E-state index contributed by atoms with van der Waals surface area (Å²) in [6.45, 7) is 7.04. The van der Waals surface area contributed by atoms with E-state index in [-0.39, 0.29) is 47.2 Å². The number of nitrogens with two attached hydrogens (primary N) is 1. The highest BCUT2D eigenvalue weighted by Gasteiger charge is 2.37. The van der Waals surface area contributed by atoms with Gasteiger partial charge in [-0.2, -0.15) is 11.8 Å². The van der Waals surface area contributed by atoms with Gasteiger partial charge in [-0.1, -0.05) is 67.0 Å². The zero-order valence-corrected chi connectivity index (χ0v) is 30.4. The molecule has 0 fully saturated rings. The van der Waals surface area contributed by atoms with Crippen molar-refractivity contribution in [3.8, 4) is 11.1 Å². The maximum atomic E-state index is 15.0. The highest BCUT2D eigenvalue weighted by Crippen LogP contribution is 2.41. The molecule has 0 saturated carbocycles. The summed E-state index contributed by atoms with van der Waals surface area (Å²) in [7, 11) is 0. The molecule has 10 nitrogen and oxygen atoms in total. The smallest absolute Gasteiger partial charge is 0.233 e. The van der Waals surface area contributed by atoms with E-state index < -0.39 is 41.3 Å². The predicted molar refractivity (Wildman–Crippen MR) is 192 cm³/mol. The Morgan fingerprint density at radius 1 is 1.06 bits per heavy atom. The van der Waals surface area contributed by atoms with Crippen molar-refractivity contribution in [2.75, 3.05) is 36.5 Å². The Kier molecular flexibility index (Phi) is 15.7. The predicted octanol–water partition coefficient (Wildman–Crippen LogP) is 4.18. The molecule has 0 saturated heterocycles. The van der Waals surface area contributed by atoms with E-state index in [1.807, 2.05) is 61.7 Å². The number of rotatable bonds is 18. The first-order chi connectivity index (χ1) is 23.2. The van der Waals surface area contributed by atoms with Crippen LogP contribution in [-0.2, 0) is 20.9 Å². The van der Waals surface area contributed by atoms with Crippen molar-refractivity contribution in [2.24, 2.45) is 11.1 Å². The molecule has 2 aromatic carbocycles.